The summed E-state index contributed by atoms with van der Waals surface area (Å²) >= 11 is 0. The van der Waals surface area contributed by atoms with Gasteiger partial charge >= 0.3 is 12.0 Å². The number of hydrogen-bond donors (Lipinski definition) is 2. The van der Waals surface area contributed by atoms with E-state index in [1.807, 2.05) is 13.8 Å². The Bertz CT molecular complexity index is 398. The largest absolute Gasteiger partial charge is 0.481 e. The minimum atomic E-state index is -0.903. The van der Waals surface area contributed by atoms with Gasteiger partial charge in [0.1, 0.15) is 6.54 Å². The van der Waals surface area contributed by atoms with Gasteiger partial charge in [-0.25, -0.2) is 4.79 Å². The molecular weight excluding hydrogens is 274 g/mol. The van der Waals surface area contributed by atoms with Gasteiger partial charge in [-0.05, 0) is 33.1 Å². The van der Waals surface area contributed by atoms with Crippen molar-refractivity contribution in [2.45, 2.75) is 51.6 Å². The molecule has 1 fully saturated rings. The molecule has 1 unspecified atom stereocenters. The lowest BCUT2D eigenvalue weighted by Crippen LogP contribution is -2.52. The average molecular weight is 299 g/mol. The fourth-order valence-electron chi connectivity index (χ4n) is 2.54. The van der Waals surface area contributed by atoms with Crippen LogP contribution in [0.5, 0.6) is 0 Å². The van der Waals surface area contributed by atoms with Gasteiger partial charge in [-0.15, -0.1) is 0 Å². The van der Waals surface area contributed by atoms with E-state index in [4.69, 9.17) is 5.11 Å². The topological polar surface area (TPSA) is 90.0 Å². The summed E-state index contributed by atoms with van der Waals surface area (Å²) in [5, 5.41) is 11.7. The maximum absolute atomic E-state index is 12.4. The Labute approximate surface area is 125 Å². The number of amides is 3. The zero-order chi connectivity index (χ0) is 16.0. The van der Waals surface area contributed by atoms with Gasteiger partial charge in [-0.2, -0.15) is 0 Å². The number of carbonyl (C=O) groups is 3. The van der Waals surface area contributed by atoms with Crippen molar-refractivity contribution < 1.29 is 19.5 Å². The molecule has 1 rings (SSSR count). The summed E-state index contributed by atoms with van der Waals surface area (Å²) < 4.78 is 0. The van der Waals surface area contributed by atoms with Crippen LogP contribution >= 0.6 is 0 Å². The van der Waals surface area contributed by atoms with Crippen LogP contribution in [-0.4, -0.2) is 65.0 Å². The van der Waals surface area contributed by atoms with Gasteiger partial charge in [0.05, 0.1) is 6.42 Å². The second-order valence-electron chi connectivity index (χ2n) is 5.80. The zero-order valence-electron chi connectivity index (χ0n) is 13.0. The van der Waals surface area contributed by atoms with E-state index in [0.29, 0.717) is 13.0 Å². The molecule has 0 aromatic heterocycles. The zero-order valence-corrected chi connectivity index (χ0v) is 13.0. The Hall–Kier alpha value is -1.79. The Morgan fingerprint density at radius 3 is 2.57 bits per heavy atom. The summed E-state index contributed by atoms with van der Waals surface area (Å²) in [5.74, 6) is -1.12. The molecule has 3 amide bonds. The number of carbonyl (C=O) groups excluding carboxylic acids is 2. The summed E-state index contributed by atoms with van der Waals surface area (Å²) in [7, 11) is 1.56. The molecule has 0 aromatic carbocycles. The van der Waals surface area contributed by atoms with E-state index in [1.165, 1.54) is 4.90 Å². The van der Waals surface area contributed by atoms with E-state index >= 15 is 0 Å². The van der Waals surface area contributed by atoms with E-state index in [-0.39, 0.29) is 37.0 Å². The standard InChI is InChI=1S/C14H25N3O4/c1-10(2)15-12(18)9-16(3)14(21)17-7-5-4-6-11(17)8-13(19)20/h10-11H,4-9H2,1-3H3,(H,15,18)(H,19,20). The van der Waals surface area contributed by atoms with Crippen LogP contribution in [0.1, 0.15) is 39.5 Å². The molecule has 0 aromatic rings. The third kappa shape index (κ3) is 5.61. The third-order valence-electron chi connectivity index (χ3n) is 3.44. The van der Waals surface area contributed by atoms with Gasteiger partial charge in [0, 0.05) is 25.7 Å². The molecule has 1 aliphatic rings. The van der Waals surface area contributed by atoms with Crippen LogP contribution in [0.25, 0.3) is 0 Å². The summed E-state index contributed by atoms with van der Waals surface area (Å²) in [6, 6.07) is -0.532. The van der Waals surface area contributed by atoms with Crippen LogP contribution in [0.2, 0.25) is 0 Å². The summed E-state index contributed by atoms with van der Waals surface area (Å²) in [6.45, 7) is 4.24. The minimum Gasteiger partial charge on any atom is -0.481 e. The monoisotopic (exact) mass is 299 g/mol. The van der Waals surface area contributed by atoms with Gasteiger partial charge in [0.25, 0.3) is 0 Å². The van der Waals surface area contributed by atoms with Crippen LogP contribution in [-0.2, 0) is 9.59 Å². The number of aliphatic carboxylic acids is 1. The molecule has 0 aliphatic carbocycles. The van der Waals surface area contributed by atoms with Crippen molar-refractivity contribution in [2.75, 3.05) is 20.1 Å². The number of nitrogens with zero attached hydrogens (tertiary/aromatic N) is 2. The first-order chi connectivity index (χ1) is 9.81. The fourth-order valence-corrected chi connectivity index (χ4v) is 2.54. The molecule has 21 heavy (non-hydrogen) atoms. The SMILES string of the molecule is CC(C)NC(=O)CN(C)C(=O)N1CCCCC1CC(=O)O. The van der Waals surface area contributed by atoms with Crippen LogP contribution in [0.15, 0.2) is 0 Å². The smallest absolute Gasteiger partial charge is 0.320 e. The molecule has 1 heterocycles. The number of urea groups is 1. The minimum absolute atomic E-state index is 0.0205. The van der Waals surface area contributed by atoms with Gasteiger partial charge < -0.3 is 20.2 Å². The van der Waals surface area contributed by atoms with Crippen molar-refractivity contribution in [2.24, 2.45) is 0 Å². The first-order valence-corrected chi connectivity index (χ1v) is 7.34. The summed E-state index contributed by atoms with van der Waals surface area (Å²) in [4.78, 5) is 37.9. The molecule has 0 saturated carbocycles. The maximum atomic E-state index is 12.4. The quantitative estimate of drug-likeness (QED) is 0.789. The maximum Gasteiger partial charge on any atom is 0.320 e. The molecule has 7 heteroatoms. The molecule has 7 nitrogen and oxygen atoms in total. The normalized spacial score (nSPS) is 18.5. The van der Waals surface area contributed by atoms with Crippen molar-refractivity contribution in [3.8, 4) is 0 Å². The van der Waals surface area contributed by atoms with Crippen molar-refractivity contribution in [3.63, 3.8) is 0 Å². The number of nitrogens with one attached hydrogen (secondary N) is 1. The molecule has 1 aliphatic heterocycles. The van der Waals surface area contributed by atoms with Gasteiger partial charge in [-0.3, -0.25) is 9.59 Å². The fraction of sp³-hybridized carbons (Fsp3) is 0.786. The number of hydrogen-bond acceptors (Lipinski definition) is 3. The van der Waals surface area contributed by atoms with E-state index < -0.39 is 5.97 Å². The van der Waals surface area contributed by atoms with Crippen LogP contribution in [0.3, 0.4) is 0 Å². The van der Waals surface area contributed by atoms with Crippen LogP contribution < -0.4 is 5.32 Å². The predicted octanol–water partition coefficient (Wildman–Crippen LogP) is 0.892. The lowest BCUT2D eigenvalue weighted by atomic mass is 10.00. The highest BCUT2D eigenvalue weighted by molar-refractivity contribution is 5.84. The van der Waals surface area contributed by atoms with Gasteiger partial charge in [0.15, 0.2) is 0 Å². The number of likely N-dealkylation sites (tertiary alicyclic amines) is 1. The van der Waals surface area contributed by atoms with E-state index in [9.17, 15) is 14.4 Å². The van der Waals surface area contributed by atoms with Crippen molar-refractivity contribution in [1.82, 2.24) is 15.1 Å². The molecule has 2 N–H and O–H groups in total. The molecule has 120 valence electrons. The van der Waals surface area contributed by atoms with Gasteiger partial charge in [0.2, 0.25) is 5.91 Å². The number of piperidine rings is 1. The van der Waals surface area contributed by atoms with Crippen molar-refractivity contribution in [1.29, 1.82) is 0 Å². The molecular formula is C14H25N3O4. The Morgan fingerprint density at radius 1 is 1.33 bits per heavy atom. The second-order valence-corrected chi connectivity index (χ2v) is 5.80. The molecule has 1 saturated heterocycles. The van der Waals surface area contributed by atoms with Crippen molar-refractivity contribution >= 4 is 17.9 Å². The second kappa shape index (κ2) is 7.85. The Kier molecular flexibility index (Phi) is 6.45. The highest BCUT2D eigenvalue weighted by atomic mass is 16.4. The predicted molar refractivity (Wildman–Crippen MR) is 77.9 cm³/mol. The highest BCUT2D eigenvalue weighted by Crippen LogP contribution is 2.20. The lowest BCUT2D eigenvalue weighted by Gasteiger charge is -2.37. The van der Waals surface area contributed by atoms with Crippen LogP contribution in [0, 0.1) is 0 Å². The molecule has 1 atom stereocenters. The third-order valence-corrected chi connectivity index (χ3v) is 3.44. The molecule has 0 radical (unpaired) electrons. The first-order valence-electron chi connectivity index (χ1n) is 7.34. The Balaban J connectivity index is 2.61. The summed E-state index contributed by atoms with van der Waals surface area (Å²) in [5.41, 5.74) is 0. The van der Waals surface area contributed by atoms with E-state index in [2.05, 4.69) is 5.32 Å². The number of likely N-dealkylation sites (N-methyl/N-ethyl adjacent to an activating group) is 1. The number of carboxylic acid groups (broad SMARTS) is 1. The van der Waals surface area contributed by atoms with E-state index in [1.54, 1.807) is 11.9 Å². The van der Waals surface area contributed by atoms with E-state index in [0.717, 1.165) is 12.8 Å². The van der Waals surface area contributed by atoms with Crippen molar-refractivity contribution in [3.05, 3.63) is 0 Å². The Morgan fingerprint density at radius 2 is 2.00 bits per heavy atom. The van der Waals surface area contributed by atoms with Gasteiger partial charge in [-0.1, -0.05) is 0 Å². The molecule has 0 spiro atoms. The lowest BCUT2D eigenvalue weighted by molar-refractivity contribution is -0.138. The highest BCUT2D eigenvalue weighted by Gasteiger charge is 2.30. The number of carboxylic acids is 1. The average Bonchev–Trinajstić information content (AvgIpc) is 2.36. The number of rotatable bonds is 5. The molecule has 0 bridgehead atoms. The first kappa shape index (κ1) is 17.3. The summed E-state index contributed by atoms with van der Waals surface area (Å²) in [6.07, 6.45) is 2.45. The van der Waals surface area contributed by atoms with Crippen LogP contribution in [0.4, 0.5) is 4.79 Å².